The number of thioether (sulfide) groups is 1. The monoisotopic (exact) mass is 392 g/mol. The fraction of sp³-hybridized carbons (Fsp3) is 0.353. The van der Waals surface area contributed by atoms with Gasteiger partial charge in [-0.25, -0.2) is 0 Å². The Kier molecular flexibility index (Phi) is 5.67. The predicted molar refractivity (Wildman–Crippen MR) is 104 cm³/mol. The van der Waals surface area contributed by atoms with E-state index in [1.807, 2.05) is 16.7 Å². The summed E-state index contributed by atoms with van der Waals surface area (Å²) in [4.78, 5) is 17.6. The molecule has 26 heavy (non-hydrogen) atoms. The molecule has 3 rings (SSSR count). The van der Waals surface area contributed by atoms with Crippen LogP contribution in [0.25, 0.3) is 10.2 Å². The van der Waals surface area contributed by atoms with E-state index in [9.17, 15) is 4.79 Å². The lowest BCUT2D eigenvalue weighted by Gasteiger charge is -2.09. The van der Waals surface area contributed by atoms with Crippen molar-refractivity contribution in [2.75, 3.05) is 26.2 Å². The first-order valence-electron chi connectivity index (χ1n) is 7.90. The zero-order chi connectivity index (χ0) is 18.7. The molecule has 0 unspecified atom stereocenters. The molecule has 0 spiro atoms. The molecule has 0 saturated heterocycles. The fourth-order valence-electron chi connectivity index (χ4n) is 2.61. The summed E-state index contributed by atoms with van der Waals surface area (Å²) < 4.78 is 15.4. The van der Waals surface area contributed by atoms with Crippen LogP contribution in [-0.2, 0) is 13.6 Å². The second kappa shape index (κ2) is 7.96. The van der Waals surface area contributed by atoms with E-state index in [1.54, 1.807) is 45.3 Å². The first-order chi connectivity index (χ1) is 12.6. The summed E-state index contributed by atoms with van der Waals surface area (Å²) in [6, 6.07) is 5.51. The normalized spacial score (nSPS) is 11.9. The van der Waals surface area contributed by atoms with Crippen molar-refractivity contribution in [1.82, 2.24) is 14.3 Å². The van der Waals surface area contributed by atoms with Gasteiger partial charge in [0.15, 0.2) is 16.3 Å². The van der Waals surface area contributed by atoms with E-state index in [1.165, 1.54) is 16.0 Å². The van der Waals surface area contributed by atoms with E-state index in [-0.39, 0.29) is 5.91 Å². The molecule has 0 atom stereocenters. The molecule has 2 aromatic heterocycles. The minimum absolute atomic E-state index is 0.312. The number of fused-ring (bicyclic) bond motifs is 1. The highest BCUT2D eigenvalue weighted by Gasteiger charge is 2.14. The average molecular weight is 393 g/mol. The van der Waals surface area contributed by atoms with Gasteiger partial charge in [-0.3, -0.25) is 9.48 Å². The number of aromatic nitrogens is 3. The summed E-state index contributed by atoms with van der Waals surface area (Å²) >= 11 is 3.20. The van der Waals surface area contributed by atoms with Gasteiger partial charge < -0.3 is 14.0 Å². The molecule has 1 aromatic carbocycles. The van der Waals surface area contributed by atoms with Crippen molar-refractivity contribution in [3.63, 3.8) is 0 Å². The van der Waals surface area contributed by atoms with Gasteiger partial charge in [0, 0.05) is 37.7 Å². The first-order valence-corrected chi connectivity index (χ1v) is 10.1. The molecule has 0 aliphatic carbocycles. The number of hydrogen-bond donors (Lipinski definition) is 0. The molecule has 0 radical (unpaired) electrons. The topological polar surface area (TPSA) is 70.6 Å². The molecule has 0 fully saturated rings. The van der Waals surface area contributed by atoms with E-state index in [2.05, 4.69) is 16.3 Å². The lowest BCUT2D eigenvalue weighted by Crippen LogP contribution is -2.19. The Balaban J connectivity index is 2.18. The van der Waals surface area contributed by atoms with Crippen LogP contribution in [0.5, 0.6) is 11.5 Å². The summed E-state index contributed by atoms with van der Waals surface area (Å²) in [6.07, 6.45) is 3.64. The zero-order valence-electron chi connectivity index (χ0n) is 15.1. The van der Waals surface area contributed by atoms with Crippen molar-refractivity contribution < 1.29 is 14.3 Å². The molecule has 0 bridgehead atoms. The molecule has 0 N–H and O–H groups in total. The number of benzene rings is 1. The molecule has 0 aliphatic rings. The molecular weight excluding hydrogens is 372 g/mol. The summed E-state index contributed by atoms with van der Waals surface area (Å²) in [6.45, 7) is 0.744. The summed E-state index contributed by atoms with van der Waals surface area (Å²) in [5.41, 5.74) is 1.42. The quantitative estimate of drug-likeness (QED) is 0.645. The number of hydrogen-bond acceptors (Lipinski definition) is 6. The Bertz CT molecular complexity index is 1000. The number of aryl methyl sites for hydroxylation is 2. The van der Waals surface area contributed by atoms with Gasteiger partial charge in [-0.05, 0) is 12.3 Å². The highest BCUT2D eigenvalue weighted by Crippen LogP contribution is 2.33. The number of carbonyl (C=O) groups excluding carboxylic acids is 1. The minimum Gasteiger partial charge on any atom is -0.493 e. The van der Waals surface area contributed by atoms with Crippen molar-refractivity contribution in [3.8, 4) is 11.5 Å². The Morgan fingerprint density at radius 1 is 1.31 bits per heavy atom. The molecule has 3 aromatic rings. The second-order valence-corrected chi connectivity index (χ2v) is 7.46. The second-order valence-electron chi connectivity index (χ2n) is 5.46. The smallest absolute Gasteiger partial charge is 0.297 e. The highest BCUT2D eigenvalue weighted by molar-refractivity contribution is 7.98. The molecule has 0 saturated carbocycles. The predicted octanol–water partition coefficient (Wildman–Crippen LogP) is 2.56. The van der Waals surface area contributed by atoms with Crippen LogP contribution in [0.3, 0.4) is 0 Å². The van der Waals surface area contributed by atoms with Gasteiger partial charge in [0.25, 0.3) is 5.91 Å². The Labute approximate surface area is 159 Å². The Morgan fingerprint density at radius 2 is 2.04 bits per heavy atom. The van der Waals surface area contributed by atoms with Crippen LogP contribution in [0, 0.1) is 0 Å². The summed E-state index contributed by atoms with van der Waals surface area (Å²) in [7, 11) is 4.95. The van der Waals surface area contributed by atoms with Crippen molar-refractivity contribution in [3.05, 3.63) is 34.9 Å². The number of methoxy groups -OCH3 is 2. The Hall–Kier alpha value is -2.26. The first kappa shape index (κ1) is 18.5. The van der Waals surface area contributed by atoms with Crippen LogP contribution in [0.4, 0.5) is 0 Å². The number of carbonyl (C=O) groups is 1. The van der Waals surface area contributed by atoms with Gasteiger partial charge >= 0.3 is 0 Å². The third-order valence-corrected chi connectivity index (χ3v) is 5.58. The van der Waals surface area contributed by atoms with Crippen LogP contribution in [-0.4, -0.2) is 46.5 Å². The molecule has 0 aliphatic heterocycles. The molecule has 7 nitrogen and oxygen atoms in total. The SMILES string of the molecule is COc1cc2sc(=NC(=O)c3ccnn3C)n(CCSC)c2cc1OC. The third-order valence-electron chi connectivity index (χ3n) is 3.94. The highest BCUT2D eigenvalue weighted by atomic mass is 32.2. The fourth-order valence-corrected chi connectivity index (χ4v) is 4.04. The minimum atomic E-state index is -0.312. The van der Waals surface area contributed by atoms with Crippen LogP contribution in [0.2, 0.25) is 0 Å². The van der Waals surface area contributed by atoms with Gasteiger partial charge in [-0.1, -0.05) is 11.3 Å². The van der Waals surface area contributed by atoms with Gasteiger partial charge in [-0.15, -0.1) is 0 Å². The standard InChI is InChI=1S/C17H20N4O3S2/c1-20-11(5-6-18-20)16(22)19-17-21(7-8-25-4)12-9-13(23-2)14(24-3)10-15(12)26-17/h5-6,9-10H,7-8H2,1-4H3. The number of ether oxygens (including phenoxy) is 2. The van der Waals surface area contributed by atoms with Crippen LogP contribution in [0.15, 0.2) is 29.4 Å². The summed E-state index contributed by atoms with van der Waals surface area (Å²) in [5.74, 6) is 1.91. The Morgan fingerprint density at radius 3 is 2.65 bits per heavy atom. The maximum absolute atomic E-state index is 12.6. The molecule has 138 valence electrons. The van der Waals surface area contributed by atoms with Gasteiger partial charge in [0.05, 0.1) is 24.4 Å². The average Bonchev–Trinajstić information content (AvgIpc) is 3.21. The van der Waals surface area contributed by atoms with Crippen LogP contribution < -0.4 is 14.3 Å². The summed E-state index contributed by atoms with van der Waals surface area (Å²) in [5, 5.41) is 4.04. The van der Waals surface area contributed by atoms with Crippen molar-refractivity contribution in [1.29, 1.82) is 0 Å². The number of amides is 1. The van der Waals surface area contributed by atoms with Crippen LogP contribution in [0.1, 0.15) is 10.5 Å². The van der Waals surface area contributed by atoms with E-state index >= 15 is 0 Å². The van der Waals surface area contributed by atoms with E-state index in [4.69, 9.17) is 9.47 Å². The number of nitrogens with zero attached hydrogens (tertiary/aromatic N) is 4. The van der Waals surface area contributed by atoms with E-state index in [0.29, 0.717) is 22.0 Å². The molecule has 1 amide bonds. The van der Waals surface area contributed by atoms with Crippen molar-refractivity contribution >= 4 is 39.2 Å². The maximum Gasteiger partial charge on any atom is 0.297 e. The van der Waals surface area contributed by atoms with Gasteiger partial charge in [-0.2, -0.15) is 21.9 Å². The van der Waals surface area contributed by atoms with Crippen LogP contribution >= 0.6 is 23.1 Å². The molecular formula is C17H20N4O3S2. The molecule has 9 heteroatoms. The zero-order valence-corrected chi connectivity index (χ0v) is 16.7. The van der Waals surface area contributed by atoms with E-state index < -0.39 is 0 Å². The number of rotatable bonds is 6. The van der Waals surface area contributed by atoms with Crippen molar-refractivity contribution in [2.45, 2.75) is 6.54 Å². The number of thiazole rings is 1. The van der Waals surface area contributed by atoms with Crippen molar-refractivity contribution in [2.24, 2.45) is 12.0 Å². The lowest BCUT2D eigenvalue weighted by molar-refractivity contribution is 0.0989. The lowest BCUT2D eigenvalue weighted by atomic mass is 10.3. The maximum atomic E-state index is 12.6. The van der Waals surface area contributed by atoms with E-state index in [0.717, 1.165) is 22.5 Å². The van der Waals surface area contributed by atoms with Gasteiger partial charge in [0.2, 0.25) is 0 Å². The third kappa shape index (κ3) is 3.49. The molecule has 2 heterocycles. The van der Waals surface area contributed by atoms with Gasteiger partial charge in [0.1, 0.15) is 5.69 Å². The largest absolute Gasteiger partial charge is 0.493 e.